The maximum Gasteiger partial charge on any atom is 1.00 e. The Bertz CT molecular complexity index is 1000. The molecular weight excluding hydrogens is 399 g/mol. The van der Waals surface area contributed by atoms with Gasteiger partial charge in [-0.05, 0) is 60.1 Å². The van der Waals surface area contributed by atoms with Crippen LogP contribution in [0.2, 0.25) is 0 Å². The molecule has 1 saturated carbocycles. The molecule has 2 heterocycles. The normalized spacial score (nSPS) is 19.3. The number of rotatable bonds is 3. The minimum Gasteiger partial charge on any atom is -0.550 e. The number of aliphatic carboxylic acids is 1. The number of fused-ring (bicyclic) bond motifs is 1. The Morgan fingerprint density at radius 3 is 2.55 bits per heavy atom. The van der Waals surface area contributed by atoms with E-state index in [0.717, 1.165) is 47.6 Å². The summed E-state index contributed by atoms with van der Waals surface area (Å²) < 4.78 is 6.56. The van der Waals surface area contributed by atoms with Gasteiger partial charge in [0.2, 0.25) is 0 Å². The Hall–Kier alpha value is -1.69. The van der Waals surface area contributed by atoms with Crippen LogP contribution in [0.3, 0.4) is 0 Å². The van der Waals surface area contributed by atoms with Crippen molar-refractivity contribution in [1.29, 1.82) is 0 Å². The molecule has 1 aliphatic carbocycles. The minimum atomic E-state index is -0.958. The molecule has 158 valence electrons. The number of ether oxygens (including phenoxy) is 1. The number of nitrogens with zero attached hydrogens (tertiary/aromatic N) is 1. The molecule has 6 heteroatoms. The number of nitrogens with one attached hydrogen (secondary N) is 1. The molecule has 0 atom stereocenters. The van der Waals surface area contributed by atoms with E-state index in [1.807, 2.05) is 12.1 Å². The molecule has 0 bridgehead atoms. The zero-order valence-electron chi connectivity index (χ0n) is 19.0. The molecule has 31 heavy (non-hydrogen) atoms. The SMILES string of the molecule is CC(C)(C)c1cc2c(c(-c3cccc(N4CC(C(=O)[O-])C4)c3)c1)NCC1(CCC1)O2.[Na+]. The number of hydrogen-bond donors (Lipinski definition) is 1. The molecule has 2 aromatic carbocycles. The quantitative estimate of drug-likeness (QED) is 0.725. The molecule has 5 nitrogen and oxygen atoms in total. The van der Waals surface area contributed by atoms with Crippen molar-refractivity contribution in [3.8, 4) is 16.9 Å². The van der Waals surface area contributed by atoms with Crippen molar-refractivity contribution in [3.63, 3.8) is 0 Å². The molecule has 0 amide bonds. The Labute approximate surface area is 206 Å². The first-order chi connectivity index (χ1) is 14.2. The molecule has 0 unspecified atom stereocenters. The van der Waals surface area contributed by atoms with Crippen molar-refractivity contribution < 1.29 is 44.2 Å². The van der Waals surface area contributed by atoms with Crippen LogP contribution in [-0.4, -0.2) is 31.2 Å². The molecule has 0 aromatic heterocycles. The number of anilines is 2. The van der Waals surface area contributed by atoms with Crippen molar-refractivity contribution in [2.75, 3.05) is 29.9 Å². The van der Waals surface area contributed by atoms with Crippen molar-refractivity contribution in [1.82, 2.24) is 0 Å². The van der Waals surface area contributed by atoms with Gasteiger partial charge in [-0.2, -0.15) is 0 Å². The van der Waals surface area contributed by atoms with Crippen LogP contribution in [0.4, 0.5) is 11.4 Å². The first kappa shape index (κ1) is 22.5. The average Bonchev–Trinajstić information content (AvgIpc) is 2.63. The Balaban J connectivity index is 0.00000231. The fourth-order valence-electron chi connectivity index (χ4n) is 4.62. The molecule has 2 aromatic rings. The fraction of sp³-hybridized carbons (Fsp3) is 0.480. The van der Waals surface area contributed by atoms with Crippen LogP contribution < -0.4 is 49.6 Å². The van der Waals surface area contributed by atoms with Crippen LogP contribution in [0.25, 0.3) is 11.1 Å². The van der Waals surface area contributed by atoms with E-state index in [9.17, 15) is 9.90 Å². The first-order valence-corrected chi connectivity index (χ1v) is 10.9. The summed E-state index contributed by atoms with van der Waals surface area (Å²) in [6.07, 6.45) is 3.45. The number of hydrogen-bond acceptors (Lipinski definition) is 5. The minimum absolute atomic E-state index is 0. The maximum atomic E-state index is 11.1. The topological polar surface area (TPSA) is 64.6 Å². The van der Waals surface area contributed by atoms with E-state index in [1.54, 1.807) is 0 Å². The molecule has 1 spiro atoms. The molecule has 2 aliphatic heterocycles. The van der Waals surface area contributed by atoms with Gasteiger partial charge in [0.15, 0.2) is 0 Å². The summed E-state index contributed by atoms with van der Waals surface area (Å²) >= 11 is 0. The molecular formula is C25H29N2NaO3. The van der Waals surface area contributed by atoms with E-state index >= 15 is 0 Å². The van der Waals surface area contributed by atoms with Gasteiger partial charge in [0.25, 0.3) is 0 Å². The largest absolute Gasteiger partial charge is 1.00 e. The summed E-state index contributed by atoms with van der Waals surface area (Å²) in [6.45, 7) is 8.55. The van der Waals surface area contributed by atoms with Gasteiger partial charge in [0.1, 0.15) is 11.4 Å². The first-order valence-electron chi connectivity index (χ1n) is 10.9. The number of carbonyl (C=O) groups excluding carboxylic acids is 1. The second kappa shape index (κ2) is 8.02. The van der Waals surface area contributed by atoms with Crippen LogP contribution in [-0.2, 0) is 10.2 Å². The van der Waals surface area contributed by atoms with E-state index in [2.05, 4.69) is 55.3 Å². The number of benzene rings is 2. The summed E-state index contributed by atoms with van der Waals surface area (Å²) in [5.41, 5.74) is 5.59. The second-order valence-electron chi connectivity index (χ2n) is 10.1. The van der Waals surface area contributed by atoms with Crippen LogP contribution in [0, 0.1) is 5.92 Å². The number of carboxylic acid groups (broad SMARTS) is 1. The summed E-state index contributed by atoms with van der Waals surface area (Å²) in [5, 5.41) is 14.7. The van der Waals surface area contributed by atoms with Crippen LogP contribution >= 0.6 is 0 Å². The molecule has 2 fully saturated rings. The zero-order chi connectivity index (χ0) is 21.1. The van der Waals surface area contributed by atoms with Crippen LogP contribution in [0.15, 0.2) is 36.4 Å². The van der Waals surface area contributed by atoms with Crippen molar-refractivity contribution in [3.05, 3.63) is 42.0 Å². The third-order valence-corrected chi connectivity index (χ3v) is 6.88. The third kappa shape index (κ3) is 4.08. The predicted molar refractivity (Wildman–Crippen MR) is 117 cm³/mol. The monoisotopic (exact) mass is 428 g/mol. The van der Waals surface area contributed by atoms with Crippen LogP contribution in [0.5, 0.6) is 5.75 Å². The van der Waals surface area contributed by atoms with Gasteiger partial charge in [-0.25, -0.2) is 0 Å². The van der Waals surface area contributed by atoms with Gasteiger partial charge in [-0.3, -0.25) is 0 Å². The van der Waals surface area contributed by atoms with E-state index in [0.29, 0.717) is 13.1 Å². The van der Waals surface area contributed by atoms with Crippen molar-refractivity contribution >= 4 is 17.3 Å². The molecule has 1 N–H and O–H groups in total. The van der Waals surface area contributed by atoms with E-state index in [-0.39, 0.29) is 46.5 Å². The molecule has 5 rings (SSSR count). The summed E-state index contributed by atoms with van der Waals surface area (Å²) in [5.74, 6) is -0.380. The number of carboxylic acids is 1. The van der Waals surface area contributed by atoms with Crippen molar-refractivity contribution in [2.45, 2.75) is 51.0 Å². The fourth-order valence-corrected chi connectivity index (χ4v) is 4.62. The third-order valence-electron chi connectivity index (χ3n) is 6.88. The summed E-state index contributed by atoms with van der Waals surface area (Å²) in [7, 11) is 0. The zero-order valence-corrected chi connectivity index (χ0v) is 21.0. The van der Waals surface area contributed by atoms with Gasteiger partial charge in [-0.1, -0.05) is 32.9 Å². The summed E-state index contributed by atoms with van der Waals surface area (Å²) in [4.78, 5) is 13.2. The van der Waals surface area contributed by atoms with Gasteiger partial charge >= 0.3 is 29.6 Å². The van der Waals surface area contributed by atoms with Gasteiger partial charge < -0.3 is 24.9 Å². The summed E-state index contributed by atoms with van der Waals surface area (Å²) in [6, 6.07) is 12.8. The number of carbonyl (C=O) groups is 1. The molecule has 0 radical (unpaired) electrons. The maximum absolute atomic E-state index is 11.1. The Morgan fingerprint density at radius 1 is 1.19 bits per heavy atom. The Morgan fingerprint density at radius 2 is 1.94 bits per heavy atom. The second-order valence-corrected chi connectivity index (χ2v) is 10.1. The predicted octanol–water partition coefficient (Wildman–Crippen LogP) is 0.568. The van der Waals surface area contributed by atoms with E-state index in [4.69, 9.17) is 4.74 Å². The molecule has 1 saturated heterocycles. The standard InChI is InChI=1S/C25H30N2O3.Na/c1-24(2,3)18-11-20(22-21(12-18)30-25(15-26-22)8-5-9-25)16-6-4-7-19(10-16)27-13-17(14-27)23(28)29;/h4,6-7,10-12,17,26H,5,8-9,13-15H2,1-3H3,(H,28,29);/q;+1/p-1. The van der Waals surface area contributed by atoms with Gasteiger partial charge in [0.05, 0.1) is 12.2 Å². The van der Waals surface area contributed by atoms with E-state index < -0.39 is 5.97 Å². The Kier molecular flexibility index (Phi) is 5.82. The smallest absolute Gasteiger partial charge is 0.550 e. The molecule has 3 aliphatic rings. The average molecular weight is 429 g/mol. The van der Waals surface area contributed by atoms with Gasteiger partial charge in [0, 0.05) is 36.2 Å². The van der Waals surface area contributed by atoms with Crippen molar-refractivity contribution in [2.24, 2.45) is 5.92 Å². The van der Waals surface area contributed by atoms with Gasteiger partial charge in [-0.15, -0.1) is 0 Å². The van der Waals surface area contributed by atoms with E-state index in [1.165, 1.54) is 12.0 Å². The van der Waals surface area contributed by atoms with Crippen LogP contribution in [0.1, 0.15) is 45.6 Å².